The largest absolute Gasteiger partial charge is 0.478 e. The second kappa shape index (κ2) is 4.73. The maximum atomic E-state index is 11.4. The van der Waals surface area contributed by atoms with Gasteiger partial charge in [0.05, 0.1) is 18.4 Å². The summed E-state index contributed by atoms with van der Waals surface area (Å²) in [4.78, 5) is 11.4. The van der Waals surface area contributed by atoms with E-state index >= 15 is 0 Å². The van der Waals surface area contributed by atoms with Crippen LogP contribution in [0, 0.1) is 0 Å². The quantitative estimate of drug-likeness (QED) is 0.762. The topological polar surface area (TPSA) is 80.3 Å². The molecule has 0 radical (unpaired) electrons. The Labute approximate surface area is 114 Å². The number of benzene rings is 1. The molecule has 3 aromatic rings. The van der Waals surface area contributed by atoms with E-state index in [1.54, 1.807) is 29.1 Å². The number of aromatic carboxylic acids is 1. The predicted octanol–water partition coefficient (Wildman–Crippen LogP) is 2.48. The average molecular weight is 271 g/mol. The van der Waals surface area contributed by atoms with Gasteiger partial charge in [0.15, 0.2) is 0 Å². The number of nitrogens with zero attached hydrogens (tertiary/aromatic N) is 2. The van der Waals surface area contributed by atoms with Gasteiger partial charge in [-0.15, -0.1) is 0 Å². The van der Waals surface area contributed by atoms with Crippen LogP contribution in [-0.2, 0) is 13.6 Å². The molecule has 0 aliphatic rings. The van der Waals surface area contributed by atoms with Gasteiger partial charge in [0, 0.05) is 18.6 Å². The molecule has 2 N–H and O–H groups in total. The fourth-order valence-corrected chi connectivity index (χ4v) is 2.15. The Hall–Kier alpha value is -2.76. The van der Waals surface area contributed by atoms with Gasteiger partial charge in [0.25, 0.3) is 0 Å². The van der Waals surface area contributed by atoms with E-state index in [9.17, 15) is 9.90 Å². The third kappa shape index (κ3) is 2.11. The third-order valence-electron chi connectivity index (χ3n) is 3.04. The van der Waals surface area contributed by atoms with E-state index in [1.807, 2.05) is 19.3 Å². The van der Waals surface area contributed by atoms with E-state index in [0.717, 1.165) is 5.69 Å². The molecule has 0 saturated carbocycles. The van der Waals surface area contributed by atoms with Crippen LogP contribution in [0.15, 0.2) is 41.1 Å². The fourth-order valence-electron chi connectivity index (χ4n) is 2.15. The molecule has 20 heavy (non-hydrogen) atoms. The van der Waals surface area contributed by atoms with Crippen molar-refractivity contribution in [3.05, 3.63) is 48.0 Å². The molecule has 0 fully saturated rings. The van der Waals surface area contributed by atoms with Gasteiger partial charge in [-0.25, -0.2) is 4.79 Å². The first-order valence-corrected chi connectivity index (χ1v) is 6.11. The minimum absolute atomic E-state index is 0.206. The van der Waals surface area contributed by atoms with Crippen molar-refractivity contribution in [2.24, 2.45) is 7.05 Å². The number of aromatic nitrogens is 2. The fraction of sp³-hybridized carbons (Fsp3) is 0.143. The summed E-state index contributed by atoms with van der Waals surface area (Å²) in [6.45, 7) is 0.294. The highest BCUT2D eigenvalue weighted by molar-refractivity contribution is 6.03. The summed E-state index contributed by atoms with van der Waals surface area (Å²) in [7, 11) is 1.81. The zero-order chi connectivity index (χ0) is 14.1. The molecule has 0 bridgehead atoms. The molecule has 0 atom stereocenters. The van der Waals surface area contributed by atoms with Crippen LogP contribution in [0.1, 0.15) is 16.1 Å². The molecule has 102 valence electrons. The van der Waals surface area contributed by atoms with Gasteiger partial charge in [0.1, 0.15) is 16.9 Å². The van der Waals surface area contributed by atoms with Gasteiger partial charge in [0.2, 0.25) is 0 Å². The van der Waals surface area contributed by atoms with E-state index < -0.39 is 5.97 Å². The maximum absolute atomic E-state index is 11.4. The highest BCUT2D eigenvalue weighted by Crippen LogP contribution is 2.26. The van der Waals surface area contributed by atoms with Crippen molar-refractivity contribution < 1.29 is 14.3 Å². The van der Waals surface area contributed by atoms with E-state index in [0.29, 0.717) is 23.3 Å². The Morgan fingerprint density at radius 1 is 1.45 bits per heavy atom. The molecule has 0 spiro atoms. The number of carbonyl (C=O) groups is 1. The van der Waals surface area contributed by atoms with Crippen molar-refractivity contribution in [1.29, 1.82) is 0 Å². The molecule has 0 aliphatic heterocycles. The van der Waals surface area contributed by atoms with Crippen molar-refractivity contribution in [3.63, 3.8) is 0 Å². The Bertz CT molecular complexity index is 773. The highest BCUT2D eigenvalue weighted by Gasteiger charge is 2.19. The summed E-state index contributed by atoms with van der Waals surface area (Å²) in [5, 5.41) is 17.1. The summed E-state index contributed by atoms with van der Waals surface area (Å²) >= 11 is 0. The normalized spacial score (nSPS) is 10.8. The van der Waals surface area contributed by atoms with Crippen LogP contribution in [0.4, 0.5) is 5.69 Å². The number of carboxylic acid groups (broad SMARTS) is 1. The SMILES string of the molecule is Cn1cc(NCc2oc3ccccc3c2C(=O)O)cn1. The molecular weight excluding hydrogens is 258 g/mol. The van der Waals surface area contributed by atoms with Crippen LogP contribution in [0.5, 0.6) is 0 Å². The summed E-state index contributed by atoms with van der Waals surface area (Å²) in [5.74, 6) is -0.583. The monoisotopic (exact) mass is 271 g/mol. The molecule has 2 heterocycles. The van der Waals surface area contributed by atoms with Crippen LogP contribution in [0.3, 0.4) is 0 Å². The lowest BCUT2D eigenvalue weighted by molar-refractivity contribution is 0.0696. The first-order chi connectivity index (χ1) is 9.65. The van der Waals surface area contributed by atoms with E-state index in [2.05, 4.69) is 10.4 Å². The third-order valence-corrected chi connectivity index (χ3v) is 3.04. The van der Waals surface area contributed by atoms with Gasteiger partial charge < -0.3 is 14.8 Å². The second-order valence-corrected chi connectivity index (χ2v) is 4.46. The number of anilines is 1. The molecule has 2 aromatic heterocycles. The van der Waals surface area contributed by atoms with Crippen LogP contribution >= 0.6 is 0 Å². The lowest BCUT2D eigenvalue weighted by Gasteiger charge is -2.01. The van der Waals surface area contributed by atoms with Crippen molar-refractivity contribution in [3.8, 4) is 0 Å². The number of nitrogens with one attached hydrogen (secondary N) is 1. The standard InChI is InChI=1S/C14H13N3O3/c1-17-8-9(6-16-17)15-7-12-13(14(18)19)10-4-2-3-5-11(10)20-12/h2-6,8,15H,7H2,1H3,(H,18,19). The number of rotatable bonds is 4. The predicted molar refractivity (Wildman–Crippen MR) is 73.7 cm³/mol. The van der Waals surface area contributed by atoms with Crippen molar-refractivity contribution >= 4 is 22.6 Å². The van der Waals surface area contributed by atoms with Crippen LogP contribution in [0.2, 0.25) is 0 Å². The van der Waals surface area contributed by atoms with Crippen LogP contribution < -0.4 is 5.32 Å². The summed E-state index contributed by atoms with van der Waals surface area (Å²) in [6.07, 6.45) is 3.48. The number of carboxylic acids is 1. The minimum atomic E-state index is -0.988. The van der Waals surface area contributed by atoms with Crippen LogP contribution in [-0.4, -0.2) is 20.9 Å². The van der Waals surface area contributed by atoms with Crippen molar-refractivity contribution in [2.75, 3.05) is 5.32 Å². The number of hydrogen-bond acceptors (Lipinski definition) is 4. The molecular formula is C14H13N3O3. The van der Waals surface area contributed by atoms with E-state index in [-0.39, 0.29) is 5.56 Å². The molecule has 0 unspecified atom stereocenters. The zero-order valence-electron chi connectivity index (χ0n) is 10.8. The molecule has 0 aliphatic carbocycles. The summed E-state index contributed by atoms with van der Waals surface area (Å²) in [6, 6.07) is 7.11. The Balaban J connectivity index is 1.94. The number of furan rings is 1. The van der Waals surface area contributed by atoms with Gasteiger partial charge in [-0.05, 0) is 6.07 Å². The maximum Gasteiger partial charge on any atom is 0.339 e. The van der Waals surface area contributed by atoms with Crippen molar-refractivity contribution in [2.45, 2.75) is 6.54 Å². The molecule has 6 nitrogen and oxygen atoms in total. The number of fused-ring (bicyclic) bond motifs is 1. The molecule has 3 rings (SSSR count). The average Bonchev–Trinajstić information content (AvgIpc) is 2.99. The lowest BCUT2D eigenvalue weighted by Crippen LogP contribution is -2.04. The minimum Gasteiger partial charge on any atom is -0.478 e. The number of aryl methyl sites for hydroxylation is 1. The lowest BCUT2D eigenvalue weighted by atomic mass is 10.1. The molecule has 0 saturated heterocycles. The van der Waals surface area contributed by atoms with E-state index in [1.165, 1.54) is 0 Å². The van der Waals surface area contributed by atoms with Crippen molar-refractivity contribution in [1.82, 2.24) is 9.78 Å². The molecule has 1 aromatic carbocycles. The first-order valence-electron chi connectivity index (χ1n) is 6.11. The van der Waals surface area contributed by atoms with Crippen LogP contribution in [0.25, 0.3) is 11.0 Å². The van der Waals surface area contributed by atoms with Gasteiger partial charge >= 0.3 is 5.97 Å². The van der Waals surface area contributed by atoms with Gasteiger partial charge in [-0.1, -0.05) is 18.2 Å². The zero-order valence-corrected chi connectivity index (χ0v) is 10.8. The first kappa shape index (κ1) is 12.3. The Kier molecular flexibility index (Phi) is 2.90. The number of hydrogen-bond donors (Lipinski definition) is 2. The molecule has 6 heteroatoms. The van der Waals surface area contributed by atoms with Gasteiger partial charge in [-0.3, -0.25) is 4.68 Å². The highest BCUT2D eigenvalue weighted by atomic mass is 16.4. The Morgan fingerprint density at radius 3 is 2.95 bits per heavy atom. The Morgan fingerprint density at radius 2 is 2.25 bits per heavy atom. The smallest absolute Gasteiger partial charge is 0.339 e. The second-order valence-electron chi connectivity index (χ2n) is 4.46. The summed E-state index contributed by atoms with van der Waals surface area (Å²) in [5.41, 5.74) is 1.59. The van der Waals surface area contributed by atoms with E-state index in [4.69, 9.17) is 4.42 Å². The molecule has 0 amide bonds. The number of para-hydroxylation sites is 1. The van der Waals surface area contributed by atoms with Gasteiger partial charge in [-0.2, -0.15) is 5.10 Å². The summed E-state index contributed by atoms with van der Waals surface area (Å²) < 4.78 is 7.28.